The fraction of sp³-hybridized carbons (Fsp3) is 0.133. The summed E-state index contributed by atoms with van der Waals surface area (Å²) in [6.07, 6.45) is 0. The van der Waals surface area contributed by atoms with Crippen LogP contribution in [0.4, 0.5) is 5.69 Å². The van der Waals surface area contributed by atoms with Gasteiger partial charge in [-0.15, -0.1) is 0 Å². The van der Waals surface area contributed by atoms with Crippen LogP contribution in [0.25, 0.3) is 0 Å². The van der Waals surface area contributed by atoms with Gasteiger partial charge < -0.3 is 15.5 Å². The zero-order valence-corrected chi connectivity index (χ0v) is 11.2. The normalized spacial score (nSPS) is 9.90. The van der Waals surface area contributed by atoms with Crippen LogP contribution in [0, 0.1) is 0 Å². The highest BCUT2D eigenvalue weighted by Crippen LogP contribution is 2.13. The Morgan fingerprint density at radius 2 is 1.95 bits per heavy atom. The third kappa shape index (κ3) is 3.49. The third-order valence-corrected chi connectivity index (χ3v) is 2.90. The third-order valence-electron chi connectivity index (χ3n) is 2.90. The molecule has 0 radical (unpaired) electrons. The molecule has 0 fully saturated rings. The van der Waals surface area contributed by atoms with Crippen molar-refractivity contribution in [2.45, 2.75) is 6.54 Å². The first kappa shape index (κ1) is 13.9. The molecule has 0 atom stereocenters. The highest BCUT2D eigenvalue weighted by Gasteiger charge is 2.05. The van der Waals surface area contributed by atoms with Crippen LogP contribution in [0.1, 0.15) is 15.9 Å². The van der Waals surface area contributed by atoms with Crippen molar-refractivity contribution in [3.63, 3.8) is 0 Å². The number of anilines is 1. The van der Waals surface area contributed by atoms with Gasteiger partial charge in [0.05, 0.1) is 7.11 Å². The average Bonchev–Trinajstić information content (AvgIpc) is 2.53. The molecule has 104 valence electrons. The van der Waals surface area contributed by atoms with E-state index in [0.717, 1.165) is 17.0 Å². The van der Waals surface area contributed by atoms with Crippen LogP contribution in [-0.2, 0) is 6.54 Å². The molecule has 2 aromatic rings. The predicted octanol–water partition coefficient (Wildman–Crippen LogP) is 1.91. The summed E-state index contributed by atoms with van der Waals surface area (Å²) in [6.45, 7) is 0.451. The van der Waals surface area contributed by atoms with E-state index in [1.807, 2.05) is 24.3 Å². The maximum Gasteiger partial charge on any atom is 0.251 e. The first-order valence-electron chi connectivity index (χ1n) is 6.21. The van der Waals surface area contributed by atoms with Crippen LogP contribution in [0.15, 0.2) is 48.5 Å². The zero-order valence-electron chi connectivity index (χ0n) is 11.2. The molecule has 0 saturated heterocycles. The van der Waals surface area contributed by atoms with Gasteiger partial charge >= 0.3 is 0 Å². The van der Waals surface area contributed by atoms with E-state index in [-0.39, 0.29) is 5.91 Å². The lowest BCUT2D eigenvalue weighted by atomic mass is 10.1. The number of benzene rings is 2. The van der Waals surface area contributed by atoms with Crippen molar-refractivity contribution >= 4 is 11.6 Å². The van der Waals surface area contributed by atoms with Crippen LogP contribution >= 0.6 is 0 Å². The van der Waals surface area contributed by atoms with Gasteiger partial charge in [0.25, 0.3) is 5.91 Å². The number of methoxy groups -OCH3 is 1. The number of nitrogens with two attached hydrogens (primary N) is 1. The number of hydrogen-bond acceptors (Lipinski definition) is 4. The van der Waals surface area contributed by atoms with Gasteiger partial charge in [0, 0.05) is 17.8 Å². The van der Waals surface area contributed by atoms with Gasteiger partial charge in [-0.1, -0.05) is 12.1 Å². The van der Waals surface area contributed by atoms with Crippen LogP contribution in [-0.4, -0.2) is 13.0 Å². The molecule has 0 heterocycles. The van der Waals surface area contributed by atoms with E-state index in [0.29, 0.717) is 12.1 Å². The number of nitrogen functional groups attached to an aromatic ring is 1. The second-order valence-corrected chi connectivity index (χ2v) is 4.26. The Bertz CT molecular complexity index is 582. The molecule has 1 amide bonds. The lowest BCUT2D eigenvalue weighted by molar-refractivity contribution is 0.0951. The van der Waals surface area contributed by atoms with Gasteiger partial charge in [0.1, 0.15) is 5.75 Å². The van der Waals surface area contributed by atoms with Crippen molar-refractivity contribution in [3.8, 4) is 5.75 Å². The van der Waals surface area contributed by atoms with Gasteiger partial charge in [-0.2, -0.15) is 0 Å². The summed E-state index contributed by atoms with van der Waals surface area (Å²) in [5.74, 6) is 5.92. The molecule has 0 spiro atoms. The molecule has 0 bridgehead atoms. The fourth-order valence-corrected chi connectivity index (χ4v) is 1.78. The maximum atomic E-state index is 12.0. The van der Waals surface area contributed by atoms with E-state index in [9.17, 15) is 4.79 Å². The highest BCUT2D eigenvalue weighted by molar-refractivity contribution is 5.94. The van der Waals surface area contributed by atoms with Crippen molar-refractivity contribution in [3.05, 3.63) is 59.7 Å². The van der Waals surface area contributed by atoms with E-state index >= 15 is 0 Å². The monoisotopic (exact) mass is 271 g/mol. The SMILES string of the molecule is COc1cccc(CNC(=O)c2ccc(NN)cc2)c1. The van der Waals surface area contributed by atoms with Gasteiger partial charge in [0.2, 0.25) is 0 Å². The fourth-order valence-electron chi connectivity index (χ4n) is 1.78. The standard InChI is InChI=1S/C15H17N3O2/c1-20-14-4-2-3-11(9-14)10-17-15(19)12-5-7-13(18-16)8-6-12/h2-9,18H,10,16H2,1H3,(H,17,19). The molecule has 5 heteroatoms. The largest absolute Gasteiger partial charge is 0.497 e. The Morgan fingerprint density at radius 1 is 1.20 bits per heavy atom. The number of carbonyl (C=O) groups excluding carboxylic acids is 1. The number of ether oxygens (including phenoxy) is 1. The van der Waals surface area contributed by atoms with Gasteiger partial charge in [-0.05, 0) is 42.0 Å². The van der Waals surface area contributed by atoms with E-state index in [1.54, 1.807) is 31.4 Å². The number of amides is 1. The Kier molecular flexibility index (Phi) is 4.57. The predicted molar refractivity (Wildman–Crippen MR) is 78.4 cm³/mol. The molecule has 2 aromatic carbocycles. The topological polar surface area (TPSA) is 76.4 Å². The Morgan fingerprint density at radius 3 is 2.60 bits per heavy atom. The first-order valence-corrected chi connectivity index (χ1v) is 6.21. The molecule has 4 N–H and O–H groups in total. The summed E-state index contributed by atoms with van der Waals surface area (Å²) in [4.78, 5) is 12.0. The van der Waals surface area contributed by atoms with Crippen LogP contribution in [0.5, 0.6) is 5.75 Å². The molecule has 0 aliphatic rings. The maximum absolute atomic E-state index is 12.0. The van der Waals surface area contributed by atoms with Crippen molar-refractivity contribution < 1.29 is 9.53 Å². The minimum atomic E-state index is -0.128. The minimum absolute atomic E-state index is 0.128. The first-order chi connectivity index (χ1) is 9.72. The van der Waals surface area contributed by atoms with Crippen LogP contribution in [0.2, 0.25) is 0 Å². The molecule has 0 aliphatic carbocycles. The molecule has 0 unspecified atom stereocenters. The van der Waals surface area contributed by atoms with Crippen molar-refractivity contribution in [2.24, 2.45) is 5.84 Å². The summed E-state index contributed by atoms with van der Waals surface area (Å²) >= 11 is 0. The molecular weight excluding hydrogens is 254 g/mol. The highest BCUT2D eigenvalue weighted by atomic mass is 16.5. The molecule has 0 aliphatic heterocycles. The number of hydrazine groups is 1. The second-order valence-electron chi connectivity index (χ2n) is 4.26. The Balaban J connectivity index is 1.97. The number of rotatable bonds is 5. The van der Waals surface area contributed by atoms with Gasteiger partial charge in [-0.25, -0.2) is 0 Å². The molecule has 5 nitrogen and oxygen atoms in total. The second kappa shape index (κ2) is 6.58. The molecular formula is C15H17N3O2. The summed E-state index contributed by atoms with van der Waals surface area (Å²) in [5, 5.41) is 2.86. The van der Waals surface area contributed by atoms with Gasteiger partial charge in [-0.3, -0.25) is 10.6 Å². The van der Waals surface area contributed by atoms with Gasteiger partial charge in [0.15, 0.2) is 0 Å². The summed E-state index contributed by atoms with van der Waals surface area (Å²) in [5.41, 5.74) is 4.85. The lowest BCUT2D eigenvalue weighted by Gasteiger charge is -2.07. The number of carbonyl (C=O) groups is 1. The summed E-state index contributed by atoms with van der Waals surface area (Å²) < 4.78 is 5.14. The van der Waals surface area contributed by atoms with Crippen LogP contribution in [0.3, 0.4) is 0 Å². The van der Waals surface area contributed by atoms with E-state index in [4.69, 9.17) is 10.6 Å². The molecule has 2 rings (SSSR count). The smallest absolute Gasteiger partial charge is 0.251 e. The Hall–Kier alpha value is -2.53. The summed E-state index contributed by atoms with van der Waals surface area (Å²) in [7, 11) is 1.62. The summed E-state index contributed by atoms with van der Waals surface area (Å²) in [6, 6.07) is 14.5. The molecule has 0 saturated carbocycles. The molecule has 20 heavy (non-hydrogen) atoms. The van der Waals surface area contributed by atoms with Crippen LogP contribution < -0.4 is 21.3 Å². The Labute approximate surface area is 117 Å². The van der Waals surface area contributed by atoms with Crippen molar-refractivity contribution in [2.75, 3.05) is 12.5 Å². The van der Waals surface area contributed by atoms with Crippen molar-refractivity contribution in [1.29, 1.82) is 0 Å². The quantitative estimate of drug-likeness (QED) is 0.573. The average molecular weight is 271 g/mol. The van der Waals surface area contributed by atoms with E-state index in [1.165, 1.54) is 0 Å². The zero-order chi connectivity index (χ0) is 14.4. The van der Waals surface area contributed by atoms with E-state index in [2.05, 4.69) is 10.7 Å². The van der Waals surface area contributed by atoms with Crippen molar-refractivity contribution in [1.82, 2.24) is 5.32 Å². The minimum Gasteiger partial charge on any atom is -0.497 e. The lowest BCUT2D eigenvalue weighted by Crippen LogP contribution is -2.22. The number of nitrogens with one attached hydrogen (secondary N) is 2. The number of hydrogen-bond donors (Lipinski definition) is 3. The molecule has 0 aromatic heterocycles. The van der Waals surface area contributed by atoms with E-state index < -0.39 is 0 Å².